The molecule has 1 aromatic carbocycles. The van der Waals surface area contributed by atoms with E-state index >= 15 is 0 Å². The van der Waals surface area contributed by atoms with E-state index in [1.54, 1.807) is 13.4 Å². The third-order valence-electron chi connectivity index (χ3n) is 8.36. The lowest BCUT2D eigenvalue weighted by atomic mass is 9.91. The van der Waals surface area contributed by atoms with Crippen molar-refractivity contribution in [1.82, 2.24) is 20.2 Å². The first-order valence-corrected chi connectivity index (χ1v) is 13.9. The van der Waals surface area contributed by atoms with E-state index in [9.17, 15) is 9.90 Å². The Morgan fingerprint density at radius 1 is 1.14 bits per heavy atom. The highest BCUT2D eigenvalue weighted by atomic mass is 35.5. The van der Waals surface area contributed by atoms with E-state index in [0.29, 0.717) is 56.3 Å². The Balaban J connectivity index is 1.25. The van der Waals surface area contributed by atoms with Gasteiger partial charge < -0.3 is 25.0 Å². The third-order valence-corrected chi connectivity index (χ3v) is 8.61. The number of aliphatic hydroxyl groups excluding tert-OH is 1. The van der Waals surface area contributed by atoms with Crippen LogP contribution in [0.25, 0.3) is 0 Å². The second kappa shape index (κ2) is 11.6. The topological polar surface area (TPSA) is 90.8 Å². The van der Waals surface area contributed by atoms with Crippen LogP contribution < -0.4 is 10.2 Å². The van der Waals surface area contributed by atoms with Gasteiger partial charge in [0, 0.05) is 56.5 Å². The van der Waals surface area contributed by atoms with E-state index in [-0.39, 0.29) is 17.7 Å². The molecule has 2 fully saturated rings. The number of nitrogens with one attached hydrogen (secondary N) is 1. The predicted octanol–water partition coefficient (Wildman–Crippen LogP) is 3.65. The number of fused-ring (bicyclic) bond motifs is 1. The smallest absolute Gasteiger partial charge is 0.231 e. The highest BCUT2D eigenvalue weighted by molar-refractivity contribution is 6.30. The van der Waals surface area contributed by atoms with Crippen LogP contribution in [0.2, 0.25) is 5.02 Å². The Kier molecular flexibility index (Phi) is 8.29. The van der Waals surface area contributed by atoms with Crippen LogP contribution in [0.1, 0.15) is 73.8 Å². The number of rotatable bonds is 7. The first-order valence-electron chi connectivity index (χ1n) is 13.5. The normalized spacial score (nSPS) is 26.7. The summed E-state index contributed by atoms with van der Waals surface area (Å²) in [6.07, 6.45) is 6.30. The van der Waals surface area contributed by atoms with Crippen molar-refractivity contribution in [3.8, 4) is 0 Å². The van der Waals surface area contributed by atoms with E-state index in [2.05, 4.69) is 27.1 Å². The van der Waals surface area contributed by atoms with Crippen molar-refractivity contribution in [2.24, 2.45) is 0 Å². The predicted molar refractivity (Wildman–Crippen MR) is 144 cm³/mol. The van der Waals surface area contributed by atoms with Crippen LogP contribution in [-0.4, -0.2) is 77.9 Å². The number of aromatic nitrogens is 2. The molecule has 200 valence electrons. The van der Waals surface area contributed by atoms with Crippen molar-refractivity contribution in [3.05, 3.63) is 52.4 Å². The number of anilines is 1. The molecule has 3 atom stereocenters. The first kappa shape index (κ1) is 26.4. The van der Waals surface area contributed by atoms with Crippen molar-refractivity contribution in [2.75, 3.05) is 44.7 Å². The molecule has 2 aliphatic carbocycles. The lowest BCUT2D eigenvalue weighted by molar-refractivity contribution is -0.133. The van der Waals surface area contributed by atoms with Gasteiger partial charge in [0.15, 0.2) is 0 Å². The number of benzene rings is 1. The van der Waals surface area contributed by atoms with Gasteiger partial charge in [-0.05, 0) is 55.7 Å². The van der Waals surface area contributed by atoms with Crippen LogP contribution in [0.3, 0.4) is 0 Å². The number of carbonyl (C=O) groups is 1. The van der Waals surface area contributed by atoms with Crippen LogP contribution in [0.4, 0.5) is 5.82 Å². The minimum atomic E-state index is -0.521. The molecule has 5 rings (SSSR count). The summed E-state index contributed by atoms with van der Waals surface area (Å²) in [5.41, 5.74) is 2.80. The second-order valence-corrected chi connectivity index (χ2v) is 11.1. The zero-order chi connectivity index (χ0) is 25.9. The maximum atomic E-state index is 13.8. The zero-order valence-electron chi connectivity index (χ0n) is 21.8. The van der Waals surface area contributed by atoms with Gasteiger partial charge in [-0.25, -0.2) is 9.97 Å². The van der Waals surface area contributed by atoms with Gasteiger partial charge in [-0.2, -0.15) is 0 Å². The molecule has 9 heteroatoms. The zero-order valence-corrected chi connectivity index (χ0v) is 22.5. The SMILES string of the molecule is COC1CCC(NCC(C(=O)N2CCN(c3ncnc4c3[C@H](C)C[C@H]4O)CC2)c2ccc(Cl)cc2)CC1. The van der Waals surface area contributed by atoms with Crippen molar-refractivity contribution in [1.29, 1.82) is 0 Å². The number of hydrogen-bond donors (Lipinski definition) is 2. The molecule has 1 unspecified atom stereocenters. The number of aliphatic hydroxyl groups is 1. The van der Waals surface area contributed by atoms with Crippen LogP contribution in [-0.2, 0) is 9.53 Å². The number of amides is 1. The number of carbonyl (C=O) groups excluding carboxylic acids is 1. The number of hydrogen-bond acceptors (Lipinski definition) is 7. The van der Waals surface area contributed by atoms with E-state index in [0.717, 1.165) is 48.3 Å². The average molecular weight is 528 g/mol. The summed E-state index contributed by atoms with van der Waals surface area (Å²) in [6.45, 7) is 5.42. The Hall–Kier alpha value is -2.26. The highest BCUT2D eigenvalue weighted by Crippen LogP contribution is 2.42. The molecule has 3 aliphatic rings. The summed E-state index contributed by atoms with van der Waals surface area (Å²) < 4.78 is 5.51. The molecule has 37 heavy (non-hydrogen) atoms. The van der Waals surface area contributed by atoms with E-state index in [4.69, 9.17) is 16.3 Å². The molecule has 2 heterocycles. The Labute approximate surface area is 224 Å². The lowest BCUT2D eigenvalue weighted by Gasteiger charge is -2.38. The van der Waals surface area contributed by atoms with Gasteiger partial charge >= 0.3 is 0 Å². The summed E-state index contributed by atoms with van der Waals surface area (Å²) in [5.74, 6) is 1.02. The van der Waals surface area contributed by atoms with E-state index in [1.165, 1.54) is 0 Å². The van der Waals surface area contributed by atoms with E-state index in [1.807, 2.05) is 29.2 Å². The van der Waals surface area contributed by atoms with Crippen molar-refractivity contribution in [2.45, 2.75) is 69.1 Å². The number of nitrogens with zero attached hydrogens (tertiary/aromatic N) is 4. The summed E-state index contributed by atoms with van der Waals surface area (Å²) >= 11 is 6.15. The molecular weight excluding hydrogens is 490 g/mol. The van der Waals surface area contributed by atoms with Gasteiger partial charge in [0.25, 0.3) is 0 Å². The maximum absolute atomic E-state index is 13.8. The average Bonchev–Trinajstić information content (AvgIpc) is 3.23. The van der Waals surface area contributed by atoms with Crippen molar-refractivity contribution >= 4 is 23.3 Å². The lowest BCUT2D eigenvalue weighted by Crippen LogP contribution is -2.51. The van der Waals surface area contributed by atoms with Gasteiger partial charge in [0.05, 0.1) is 23.8 Å². The second-order valence-electron chi connectivity index (χ2n) is 10.7. The summed E-state index contributed by atoms with van der Waals surface area (Å²) in [4.78, 5) is 27.0. The Morgan fingerprint density at radius 3 is 2.51 bits per heavy atom. The maximum Gasteiger partial charge on any atom is 0.231 e. The third kappa shape index (κ3) is 5.77. The van der Waals surface area contributed by atoms with Gasteiger partial charge in [0.2, 0.25) is 5.91 Å². The molecule has 0 radical (unpaired) electrons. The van der Waals surface area contributed by atoms with Crippen molar-refractivity contribution < 1.29 is 14.6 Å². The van der Waals surface area contributed by atoms with Gasteiger partial charge in [-0.3, -0.25) is 4.79 Å². The van der Waals surface area contributed by atoms with Crippen LogP contribution in [0.15, 0.2) is 30.6 Å². The van der Waals surface area contributed by atoms with Crippen molar-refractivity contribution in [3.63, 3.8) is 0 Å². The molecular formula is C28H38ClN5O3. The summed E-state index contributed by atoms with van der Waals surface area (Å²) in [5, 5.41) is 14.7. The molecule has 1 saturated carbocycles. The molecule has 1 aromatic heterocycles. The van der Waals surface area contributed by atoms with Crippen LogP contribution in [0.5, 0.6) is 0 Å². The fourth-order valence-electron chi connectivity index (χ4n) is 6.14. The van der Waals surface area contributed by atoms with Gasteiger partial charge in [-0.1, -0.05) is 30.7 Å². The van der Waals surface area contributed by atoms with Crippen LogP contribution >= 0.6 is 11.6 Å². The first-order chi connectivity index (χ1) is 17.9. The standard InChI is InChI=1S/C28H38ClN5O3/c1-18-15-24(35)26-25(18)27(32-17-31-26)33-11-13-34(14-12-33)28(36)23(19-3-5-20(29)6-4-19)16-30-21-7-9-22(37-2)10-8-21/h3-6,17-18,21-24,30,35H,7-16H2,1-2H3/t18-,21?,22?,23?,24-/m1/s1. The number of ether oxygens (including phenoxy) is 1. The summed E-state index contributed by atoms with van der Waals surface area (Å²) in [7, 11) is 1.79. The molecule has 0 bridgehead atoms. The minimum Gasteiger partial charge on any atom is -0.387 e. The largest absolute Gasteiger partial charge is 0.387 e. The minimum absolute atomic E-state index is 0.150. The fourth-order valence-corrected chi connectivity index (χ4v) is 6.27. The van der Waals surface area contributed by atoms with Gasteiger partial charge in [0.1, 0.15) is 12.1 Å². The molecule has 1 aliphatic heterocycles. The molecule has 0 spiro atoms. The Bertz CT molecular complexity index is 1070. The summed E-state index contributed by atoms with van der Waals surface area (Å²) in [6, 6.07) is 8.08. The van der Waals surface area contributed by atoms with E-state index < -0.39 is 6.10 Å². The fraction of sp³-hybridized carbons (Fsp3) is 0.607. The quantitative estimate of drug-likeness (QED) is 0.568. The molecule has 2 aromatic rings. The van der Waals surface area contributed by atoms with Gasteiger partial charge in [-0.15, -0.1) is 0 Å². The molecule has 1 saturated heterocycles. The molecule has 1 amide bonds. The number of piperazine rings is 1. The monoisotopic (exact) mass is 527 g/mol. The molecule has 2 N–H and O–H groups in total. The number of methoxy groups -OCH3 is 1. The molecule has 8 nitrogen and oxygen atoms in total. The van der Waals surface area contributed by atoms with Crippen LogP contribution in [0, 0.1) is 0 Å². The Morgan fingerprint density at radius 2 is 1.84 bits per heavy atom. The number of halogens is 1. The highest BCUT2D eigenvalue weighted by Gasteiger charge is 2.35.